The van der Waals surface area contributed by atoms with Crippen LogP contribution in [0.15, 0.2) is 18.2 Å². The molecule has 2 unspecified atom stereocenters. The van der Waals surface area contributed by atoms with Gasteiger partial charge in [-0.1, -0.05) is 0 Å². The number of nitrogens with zero attached hydrogens (tertiary/aromatic N) is 2. The summed E-state index contributed by atoms with van der Waals surface area (Å²) in [6.45, 7) is 2.79. The zero-order valence-electron chi connectivity index (χ0n) is 10.6. The monoisotopic (exact) mass is 252 g/mol. The molecule has 4 heteroatoms. The van der Waals surface area contributed by atoms with Gasteiger partial charge < -0.3 is 4.90 Å². The number of rotatable bonds is 2. The molecule has 0 radical (unpaired) electrons. The van der Waals surface area contributed by atoms with Gasteiger partial charge in [0.1, 0.15) is 11.6 Å². The van der Waals surface area contributed by atoms with Crippen LogP contribution in [0.1, 0.15) is 18.4 Å². The third-order valence-electron chi connectivity index (χ3n) is 4.10. The van der Waals surface area contributed by atoms with Crippen molar-refractivity contribution in [2.24, 2.45) is 0 Å². The maximum Gasteiger partial charge on any atom is 0.126 e. The van der Waals surface area contributed by atoms with Crippen LogP contribution in [0.2, 0.25) is 0 Å². The summed E-state index contributed by atoms with van der Waals surface area (Å²) in [6.07, 6.45) is 2.40. The largest absolute Gasteiger partial charge is 0.303 e. The predicted octanol–water partition coefficient (Wildman–Crippen LogP) is 2.24. The number of piperazine rings is 1. The highest BCUT2D eigenvalue weighted by molar-refractivity contribution is 5.18. The Morgan fingerprint density at radius 3 is 2.17 bits per heavy atom. The molecule has 0 saturated carbocycles. The average Bonchev–Trinajstić information content (AvgIpc) is 2.53. The summed E-state index contributed by atoms with van der Waals surface area (Å²) in [5.41, 5.74) is 0.744. The van der Waals surface area contributed by atoms with E-state index in [1.165, 1.54) is 25.0 Å². The van der Waals surface area contributed by atoms with Crippen molar-refractivity contribution >= 4 is 0 Å². The number of halogens is 2. The number of hydrogen-bond acceptors (Lipinski definition) is 2. The lowest BCUT2D eigenvalue weighted by Crippen LogP contribution is -2.51. The van der Waals surface area contributed by atoms with E-state index in [9.17, 15) is 8.78 Å². The molecule has 2 atom stereocenters. The van der Waals surface area contributed by atoms with Gasteiger partial charge in [0.15, 0.2) is 0 Å². The summed E-state index contributed by atoms with van der Waals surface area (Å²) in [5, 5.41) is 0. The van der Waals surface area contributed by atoms with E-state index in [2.05, 4.69) is 16.8 Å². The Morgan fingerprint density at radius 2 is 1.61 bits per heavy atom. The zero-order chi connectivity index (χ0) is 12.7. The van der Waals surface area contributed by atoms with Gasteiger partial charge in [-0.3, -0.25) is 4.90 Å². The van der Waals surface area contributed by atoms with Gasteiger partial charge in [0.25, 0.3) is 0 Å². The van der Waals surface area contributed by atoms with E-state index in [1.54, 1.807) is 0 Å². The minimum atomic E-state index is -0.480. The lowest BCUT2D eigenvalue weighted by molar-refractivity contribution is 0.0758. The molecular weight excluding hydrogens is 234 g/mol. The molecule has 1 aromatic carbocycles. The Kier molecular flexibility index (Phi) is 3.08. The van der Waals surface area contributed by atoms with Gasteiger partial charge in [-0.2, -0.15) is 0 Å². The summed E-state index contributed by atoms with van der Waals surface area (Å²) < 4.78 is 26.4. The standard InChI is InChI=1S/C14H18F2N2/c1-17-8-13-2-3-14(9-17)18(13)7-10-4-11(15)6-12(16)5-10/h4-6,13-14H,2-3,7-9H2,1H3. The van der Waals surface area contributed by atoms with Crippen molar-refractivity contribution in [3.05, 3.63) is 35.4 Å². The second-order valence-corrected chi connectivity index (χ2v) is 5.56. The highest BCUT2D eigenvalue weighted by Gasteiger charge is 2.38. The molecule has 0 spiro atoms. The third-order valence-corrected chi connectivity index (χ3v) is 4.10. The van der Waals surface area contributed by atoms with Crippen LogP contribution in [0.5, 0.6) is 0 Å². The highest BCUT2D eigenvalue weighted by Crippen LogP contribution is 2.31. The first kappa shape index (κ1) is 12.1. The van der Waals surface area contributed by atoms with E-state index >= 15 is 0 Å². The van der Waals surface area contributed by atoms with E-state index in [4.69, 9.17) is 0 Å². The molecule has 2 bridgehead atoms. The molecule has 0 N–H and O–H groups in total. The summed E-state index contributed by atoms with van der Waals surface area (Å²) in [7, 11) is 2.14. The van der Waals surface area contributed by atoms with Gasteiger partial charge in [0.05, 0.1) is 0 Å². The Morgan fingerprint density at radius 1 is 1.06 bits per heavy atom. The molecule has 2 saturated heterocycles. The van der Waals surface area contributed by atoms with Gasteiger partial charge in [0.2, 0.25) is 0 Å². The lowest BCUT2D eigenvalue weighted by Gasteiger charge is -2.39. The van der Waals surface area contributed by atoms with Gasteiger partial charge >= 0.3 is 0 Å². The second-order valence-electron chi connectivity index (χ2n) is 5.56. The molecule has 3 rings (SSSR count). The molecule has 18 heavy (non-hydrogen) atoms. The van der Waals surface area contributed by atoms with Crippen molar-refractivity contribution in [1.82, 2.24) is 9.80 Å². The maximum absolute atomic E-state index is 13.2. The number of likely N-dealkylation sites (tertiary alicyclic amines) is 1. The Labute approximate surface area is 106 Å². The van der Waals surface area contributed by atoms with Crippen LogP contribution in [-0.2, 0) is 6.54 Å². The maximum atomic E-state index is 13.2. The van der Waals surface area contributed by atoms with E-state index in [0.717, 1.165) is 24.7 Å². The van der Waals surface area contributed by atoms with E-state index < -0.39 is 11.6 Å². The number of hydrogen-bond donors (Lipinski definition) is 0. The topological polar surface area (TPSA) is 6.48 Å². The molecule has 0 aliphatic carbocycles. The fourth-order valence-electron chi connectivity index (χ4n) is 3.37. The molecule has 0 amide bonds. The van der Waals surface area contributed by atoms with E-state index in [1.807, 2.05) is 0 Å². The van der Waals surface area contributed by atoms with Gasteiger partial charge in [0, 0.05) is 37.8 Å². The van der Waals surface area contributed by atoms with Crippen molar-refractivity contribution in [2.75, 3.05) is 20.1 Å². The predicted molar refractivity (Wildman–Crippen MR) is 66.2 cm³/mol. The SMILES string of the molecule is CN1CC2CCC(C1)N2Cc1cc(F)cc(F)c1. The van der Waals surface area contributed by atoms with Crippen molar-refractivity contribution in [2.45, 2.75) is 31.5 Å². The van der Waals surface area contributed by atoms with Crippen molar-refractivity contribution in [1.29, 1.82) is 0 Å². The van der Waals surface area contributed by atoms with Crippen molar-refractivity contribution < 1.29 is 8.78 Å². The highest BCUT2D eigenvalue weighted by atomic mass is 19.1. The van der Waals surface area contributed by atoms with Crippen LogP contribution in [0.25, 0.3) is 0 Å². The van der Waals surface area contributed by atoms with Crippen LogP contribution < -0.4 is 0 Å². The zero-order valence-corrected chi connectivity index (χ0v) is 10.6. The molecule has 0 aromatic heterocycles. The van der Waals surface area contributed by atoms with Gasteiger partial charge in [-0.05, 0) is 37.6 Å². The van der Waals surface area contributed by atoms with Crippen LogP contribution in [0.4, 0.5) is 8.78 Å². The third kappa shape index (κ3) is 2.27. The van der Waals surface area contributed by atoms with E-state index in [-0.39, 0.29) is 0 Å². The first-order chi connectivity index (χ1) is 8.61. The summed E-state index contributed by atoms with van der Waals surface area (Å²) in [5.74, 6) is -0.960. The molecular formula is C14H18F2N2. The lowest BCUT2D eigenvalue weighted by atomic mass is 10.1. The molecule has 2 fully saturated rings. The number of fused-ring (bicyclic) bond motifs is 2. The average molecular weight is 252 g/mol. The second kappa shape index (κ2) is 4.59. The Balaban J connectivity index is 1.77. The van der Waals surface area contributed by atoms with Crippen molar-refractivity contribution in [3.8, 4) is 0 Å². The summed E-state index contributed by atoms with van der Waals surface area (Å²) in [6, 6.07) is 4.91. The molecule has 2 heterocycles. The molecule has 2 nitrogen and oxygen atoms in total. The minimum Gasteiger partial charge on any atom is -0.303 e. The summed E-state index contributed by atoms with van der Waals surface area (Å²) in [4.78, 5) is 4.76. The van der Waals surface area contributed by atoms with Crippen LogP contribution in [-0.4, -0.2) is 42.0 Å². The molecule has 2 aliphatic rings. The Hall–Kier alpha value is -1.00. The molecule has 1 aromatic rings. The Bertz CT molecular complexity index is 415. The van der Waals surface area contributed by atoms with Crippen LogP contribution in [0, 0.1) is 11.6 Å². The van der Waals surface area contributed by atoms with Crippen LogP contribution >= 0.6 is 0 Å². The van der Waals surface area contributed by atoms with Crippen LogP contribution in [0.3, 0.4) is 0 Å². The van der Waals surface area contributed by atoms with E-state index in [0.29, 0.717) is 18.6 Å². The minimum absolute atomic E-state index is 0.480. The fourth-order valence-corrected chi connectivity index (χ4v) is 3.37. The fraction of sp³-hybridized carbons (Fsp3) is 0.571. The number of benzene rings is 1. The summed E-state index contributed by atoms with van der Waals surface area (Å²) >= 11 is 0. The van der Waals surface area contributed by atoms with Crippen molar-refractivity contribution in [3.63, 3.8) is 0 Å². The first-order valence-electron chi connectivity index (χ1n) is 6.51. The molecule has 98 valence electrons. The number of likely N-dealkylation sites (N-methyl/N-ethyl adjacent to an activating group) is 1. The first-order valence-corrected chi connectivity index (χ1v) is 6.51. The molecule has 2 aliphatic heterocycles. The normalized spacial score (nSPS) is 28.8. The quantitative estimate of drug-likeness (QED) is 0.796. The smallest absolute Gasteiger partial charge is 0.126 e. The van der Waals surface area contributed by atoms with Gasteiger partial charge in [-0.15, -0.1) is 0 Å². The van der Waals surface area contributed by atoms with Gasteiger partial charge in [-0.25, -0.2) is 8.78 Å².